The predicted octanol–water partition coefficient (Wildman–Crippen LogP) is 3.22. The molecule has 3 amide bonds. The molecule has 0 fully saturated rings. The lowest BCUT2D eigenvalue weighted by atomic mass is 9.83. The fourth-order valence-electron chi connectivity index (χ4n) is 4.65. The molecule has 240 valence electrons. The Labute approximate surface area is 253 Å². The standard InChI is InChI=1S/C32H56N4O6/c1-22(2)24(21-35-31(39)25-13-8-9-14-29(25)42-18-11-10-17-41-7)19-27(33)28(37)20-26(23(3)4)32(40)34-16-12-15-30(38)36(5)6/h8-9,13-14,22-24,26-28,37H,10-12,15-21,33H2,1-7H3,(H,34,40)(H,35,39). The highest BCUT2D eigenvalue weighted by atomic mass is 16.5. The molecule has 1 aromatic rings. The summed E-state index contributed by atoms with van der Waals surface area (Å²) in [7, 11) is 5.09. The Bertz CT molecular complexity index is 939. The molecule has 10 nitrogen and oxygen atoms in total. The van der Waals surface area contributed by atoms with Crippen molar-refractivity contribution in [1.82, 2.24) is 15.5 Å². The summed E-state index contributed by atoms with van der Waals surface area (Å²) in [6.07, 6.45) is 2.51. The molecule has 10 heteroatoms. The van der Waals surface area contributed by atoms with Crippen molar-refractivity contribution in [3.63, 3.8) is 0 Å². The van der Waals surface area contributed by atoms with Gasteiger partial charge in [0, 0.05) is 59.3 Å². The summed E-state index contributed by atoms with van der Waals surface area (Å²) in [5.74, 6) is 0.0609. The maximum absolute atomic E-state index is 13.1. The van der Waals surface area contributed by atoms with Gasteiger partial charge in [0.05, 0.1) is 18.3 Å². The number of nitrogens with two attached hydrogens (primary N) is 1. The second-order valence-corrected chi connectivity index (χ2v) is 12.0. The van der Waals surface area contributed by atoms with Gasteiger partial charge in [0.1, 0.15) is 5.75 Å². The van der Waals surface area contributed by atoms with Gasteiger partial charge in [-0.3, -0.25) is 14.4 Å². The molecule has 1 aromatic carbocycles. The van der Waals surface area contributed by atoms with E-state index in [-0.39, 0.29) is 41.9 Å². The average molecular weight is 593 g/mol. The third-order valence-corrected chi connectivity index (χ3v) is 7.67. The Morgan fingerprint density at radius 2 is 1.62 bits per heavy atom. The number of hydrogen-bond acceptors (Lipinski definition) is 7. The molecule has 0 aliphatic rings. The highest BCUT2D eigenvalue weighted by molar-refractivity contribution is 5.96. The largest absolute Gasteiger partial charge is 0.493 e. The molecule has 0 bridgehead atoms. The lowest BCUT2D eigenvalue weighted by Gasteiger charge is -2.30. The van der Waals surface area contributed by atoms with E-state index >= 15 is 0 Å². The minimum Gasteiger partial charge on any atom is -0.493 e. The SMILES string of the molecule is COCCCCOc1ccccc1C(=O)NCC(CC(N)C(O)CC(C(=O)NCCCC(=O)N(C)C)C(C)C)C(C)C. The minimum atomic E-state index is -0.873. The number of ether oxygens (including phenoxy) is 2. The lowest BCUT2D eigenvalue weighted by molar-refractivity contribution is -0.130. The van der Waals surface area contributed by atoms with Crippen LogP contribution in [-0.2, 0) is 14.3 Å². The highest BCUT2D eigenvalue weighted by Gasteiger charge is 2.30. The molecule has 4 unspecified atom stereocenters. The minimum absolute atomic E-state index is 0.0118. The van der Waals surface area contributed by atoms with Crippen molar-refractivity contribution in [2.45, 2.75) is 78.4 Å². The van der Waals surface area contributed by atoms with Crippen LogP contribution >= 0.6 is 0 Å². The zero-order valence-electron chi connectivity index (χ0n) is 26.9. The van der Waals surface area contributed by atoms with Crippen LogP contribution < -0.4 is 21.1 Å². The Morgan fingerprint density at radius 3 is 2.24 bits per heavy atom. The fraction of sp³-hybridized carbons (Fsp3) is 0.719. The number of carbonyl (C=O) groups is 3. The van der Waals surface area contributed by atoms with Gasteiger partial charge in [-0.25, -0.2) is 0 Å². The Balaban J connectivity index is 2.67. The maximum Gasteiger partial charge on any atom is 0.255 e. The van der Waals surface area contributed by atoms with Crippen LogP contribution in [0.15, 0.2) is 24.3 Å². The summed E-state index contributed by atoms with van der Waals surface area (Å²) in [4.78, 5) is 39.2. The monoisotopic (exact) mass is 592 g/mol. The van der Waals surface area contributed by atoms with E-state index in [0.29, 0.717) is 56.9 Å². The first-order valence-corrected chi connectivity index (χ1v) is 15.3. The molecule has 0 aliphatic carbocycles. The van der Waals surface area contributed by atoms with Gasteiger partial charge in [-0.2, -0.15) is 0 Å². The van der Waals surface area contributed by atoms with Crippen LogP contribution in [0.3, 0.4) is 0 Å². The molecule has 42 heavy (non-hydrogen) atoms. The van der Waals surface area contributed by atoms with E-state index in [2.05, 4.69) is 24.5 Å². The van der Waals surface area contributed by atoms with Crippen LogP contribution in [0.5, 0.6) is 5.75 Å². The summed E-state index contributed by atoms with van der Waals surface area (Å²) < 4.78 is 10.9. The summed E-state index contributed by atoms with van der Waals surface area (Å²) in [5, 5.41) is 16.9. The summed E-state index contributed by atoms with van der Waals surface area (Å²) >= 11 is 0. The number of rotatable bonds is 21. The second-order valence-electron chi connectivity index (χ2n) is 12.0. The fourth-order valence-corrected chi connectivity index (χ4v) is 4.65. The van der Waals surface area contributed by atoms with E-state index in [1.165, 1.54) is 4.90 Å². The molecular weight excluding hydrogens is 536 g/mol. The quantitative estimate of drug-likeness (QED) is 0.161. The lowest BCUT2D eigenvalue weighted by Crippen LogP contribution is -2.44. The van der Waals surface area contributed by atoms with Crippen LogP contribution in [0.1, 0.15) is 76.6 Å². The van der Waals surface area contributed by atoms with Gasteiger partial charge in [-0.15, -0.1) is 0 Å². The van der Waals surface area contributed by atoms with Gasteiger partial charge in [0.15, 0.2) is 0 Å². The maximum atomic E-state index is 13.1. The van der Waals surface area contributed by atoms with Crippen LogP contribution in [-0.4, -0.2) is 87.4 Å². The molecule has 0 spiro atoms. The van der Waals surface area contributed by atoms with Crippen molar-refractivity contribution in [3.05, 3.63) is 29.8 Å². The van der Waals surface area contributed by atoms with Gasteiger partial charge >= 0.3 is 0 Å². The zero-order valence-corrected chi connectivity index (χ0v) is 26.9. The summed E-state index contributed by atoms with van der Waals surface area (Å²) in [6.45, 7) is 10.0. The molecule has 0 aromatic heterocycles. The summed E-state index contributed by atoms with van der Waals surface area (Å²) in [5.41, 5.74) is 6.93. The summed E-state index contributed by atoms with van der Waals surface area (Å²) in [6, 6.07) is 6.64. The average Bonchev–Trinajstić information content (AvgIpc) is 2.95. The van der Waals surface area contributed by atoms with E-state index < -0.39 is 18.1 Å². The van der Waals surface area contributed by atoms with Gasteiger partial charge < -0.3 is 35.8 Å². The van der Waals surface area contributed by atoms with Gasteiger partial charge in [-0.05, 0) is 62.0 Å². The number of benzene rings is 1. The van der Waals surface area contributed by atoms with Gasteiger partial charge in [0.25, 0.3) is 5.91 Å². The number of methoxy groups -OCH3 is 1. The molecule has 1 rings (SSSR count). The normalized spacial score (nSPS) is 14.3. The predicted molar refractivity (Wildman–Crippen MR) is 166 cm³/mol. The number of nitrogens with one attached hydrogen (secondary N) is 2. The number of hydrogen-bond donors (Lipinski definition) is 4. The Morgan fingerprint density at radius 1 is 0.952 bits per heavy atom. The van der Waals surface area contributed by atoms with E-state index in [9.17, 15) is 19.5 Å². The van der Waals surface area contributed by atoms with Crippen molar-refractivity contribution in [1.29, 1.82) is 0 Å². The number of unbranched alkanes of at least 4 members (excludes halogenated alkanes) is 1. The second kappa shape index (κ2) is 20.3. The number of nitrogens with zero attached hydrogens (tertiary/aromatic N) is 1. The van der Waals surface area contributed by atoms with E-state index in [4.69, 9.17) is 15.2 Å². The van der Waals surface area contributed by atoms with Crippen molar-refractivity contribution < 1.29 is 29.0 Å². The molecule has 4 atom stereocenters. The van der Waals surface area contributed by atoms with Crippen LogP contribution in [0.2, 0.25) is 0 Å². The van der Waals surface area contributed by atoms with E-state index in [1.807, 2.05) is 26.0 Å². The number of carbonyl (C=O) groups excluding carboxylic acids is 3. The molecule has 0 saturated carbocycles. The molecule has 0 radical (unpaired) electrons. The molecule has 0 saturated heterocycles. The first-order chi connectivity index (χ1) is 19.9. The third-order valence-electron chi connectivity index (χ3n) is 7.67. The highest BCUT2D eigenvalue weighted by Crippen LogP contribution is 2.24. The van der Waals surface area contributed by atoms with Crippen molar-refractivity contribution in [3.8, 4) is 5.75 Å². The molecule has 0 heterocycles. The molecule has 0 aliphatic heterocycles. The van der Waals surface area contributed by atoms with Crippen molar-refractivity contribution >= 4 is 17.7 Å². The van der Waals surface area contributed by atoms with Crippen molar-refractivity contribution in [2.75, 3.05) is 47.5 Å². The Hall–Kier alpha value is -2.69. The van der Waals surface area contributed by atoms with Crippen LogP contribution in [0.4, 0.5) is 0 Å². The number of aliphatic hydroxyl groups is 1. The number of amides is 3. The first-order valence-electron chi connectivity index (χ1n) is 15.3. The number of para-hydroxylation sites is 1. The topological polar surface area (TPSA) is 143 Å². The molecule has 5 N–H and O–H groups in total. The zero-order chi connectivity index (χ0) is 31.7. The Kier molecular flexibility index (Phi) is 18.0. The smallest absolute Gasteiger partial charge is 0.255 e. The third kappa shape index (κ3) is 14.0. The number of aliphatic hydroxyl groups excluding tert-OH is 1. The van der Waals surface area contributed by atoms with Crippen LogP contribution in [0, 0.1) is 23.7 Å². The molecular formula is C32H56N4O6. The van der Waals surface area contributed by atoms with E-state index in [0.717, 1.165) is 12.8 Å². The first kappa shape index (κ1) is 37.3. The van der Waals surface area contributed by atoms with Crippen molar-refractivity contribution in [2.24, 2.45) is 29.4 Å². The van der Waals surface area contributed by atoms with E-state index in [1.54, 1.807) is 33.3 Å². The van der Waals surface area contributed by atoms with Crippen LogP contribution in [0.25, 0.3) is 0 Å². The van der Waals surface area contributed by atoms with Gasteiger partial charge in [-0.1, -0.05) is 39.8 Å². The van der Waals surface area contributed by atoms with Gasteiger partial charge in [0.2, 0.25) is 11.8 Å².